The highest BCUT2D eigenvalue weighted by atomic mass is 35.5. The molecule has 0 bridgehead atoms. The van der Waals surface area contributed by atoms with Crippen molar-refractivity contribution in [1.82, 2.24) is 4.90 Å². The topological polar surface area (TPSA) is 33.5 Å². The number of thioether (sulfide) groups is 1. The summed E-state index contributed by atoms with van der Waals surface area (Å²) in [5.74, 6) is 0.652. The van der Waals surface area contributed by atoms with Crippen molar-refractivity contribution in [3.63, 3.8) is 0 Å². The first-order valence-corrected chi connectivity index (χ1v) is 9.52. The molecule has 2 heterocycles. The SMILES string of the molecule is CCc1cc2oc(=O)cc(CSC(=S)N3CCCC3)c2cc1Cl. The third-order valence-electron chi connectivity index (χ3n) is 4.09. The van der Waals surface area contributed by atoms with Gasteiger partial charge in [-0.1, -0.05) is 42.5 Å². The molecule has 0 radical (unpaired) electrons. The number of aryl methyl sites for hydroxylation is 1. The molecule has 0 spiro atoms. The second-order valence-electron chi connectivity index (χ2n) is 5.63. The van der Waals surface area contributed by atoms with Gasteiger partial charge in [0, 0.05) is 35.3 Å². The standard InChI is InChI=1S/C17H18ClNO2S2/c1-2-11-7-15-13(9-14(11)18)12(8-16(20)21-15)10-23-17(22)19-5-3-4-6-19/h7-9H,2-6,10H2,1H3. The minimum atomic E-state index is -0.329. The van der Waals surface area contributed by atoms with Gasteiger partial charge in [0.25, 0.3) is 0 Å². The van der Waals surface area contributed by atoms with Crippen LogP contribution in [0.3, 0.4) is 0 Å². The zero-order valence-electron chi connectivity index (χ0n) is 12.9. The molecule has 1 aliphatic rings. The van der Waals surface area contributed by atoms with Crippen molar-refractivity contribution in [3.05, 3.63) is 44.8 Å². The van der Waals surface area contributed by atoms with E-state index in [0.29, 0.717) is 16.4 Å². The molecule has 3 rings (SSSR count). The molecule has 0 unspecified atom stereocenters. The lowest BCUT2D eigenvalue weighted by molar-refractivity contribution is 0.539. The monoisotopic (exact) mass is 367 g/mol. The van der Waals surface area contributed by atoms with Gasteiger partial charge in [-0.2, -0.15) is 0 Å². The zero-order chi connectivity index (χ0) is 16.4. The molecule has 0 aliphatic carbocycles. The average Bonchev–Trinajstić information content (AvgIpc) is 3.06. The molecule has 0 saturated carbocycles. The van der Waals surface area contributed by atoms with Gasteiger partial charge in [-0.05, 0) is 42.5 Å². The van der Waals surface area contributed by atoms with Crippen LogP contribution < -0.4 is 5.63 Å². The third-order valence-corrected chi connectivity index (χ3v) is 6.02. The summed E-state index contributed by atoms with van der Waals surface area (Å²) < 4.78 is 6.24. The Balaban J connectivity index is 1.88. The minimum absolute atomic E-state index is 0.329. The van der Waals surface area contributed by atoms with Gasteiger partial charge in [0.15, 0.2) is 0 Å². The molecule has 3 nitrogen and oxygen atoms in total. The van der Waals surface area contributed by atoms with Crippen LogP contribution in [0.4, 0.5) is 0 Å². The van der Waals surface area contributed by atoms with Gasteiger partial charge in [-0.15, -0.1) is 0 Å². The fourth-order valence-corrected chi connectivity index (χ4v) is 4.35. The van der Waals surface area contributed by atoms with E-state index in [9.17, 15) is 4.79 Å². The second-order valence-corrected chi connectivity index (χ2v) is 7.65. The maximum Gasteiger partial charge on any atom is 0.336 e. The van der Waals surface area contributed by atoms with E-state index in [1.807, 2.05) is 19.1 Å². The number of nitrogens with zero attached hydrogens (tertiary/aromatic N) is 1. The Bertz CT molecular complexity index is 797. The van der Waals surface area contributed by atoms with Crippen molar-refractivity contribution in [2.45, 2.75) is 31.9 Å². The van der Waals surface area contributed by atoms with Gasteiger partial charge in [0.05, 0.1) is 0 Å². The number of likely N-dealkylation sites (tertiary alicyclic amines) is 1. The van der Waals surface area contributed by atoms with E-state index in [-0.39, 0.29) is 5.63 Å². The lowest BCUT2D eigenvalue weighted by atomic mass is 10.1. The number of thiocarbonyl (C=S) groups is 1. The minimum Gasteiger partial charge on any atom is -0.423 e. The van der Waals surface area contributed by atoms with Crippen LogP contribution in [-0.2, 0) is 12.2 Å². The summed E-state index contributed by atoms with van der Waals surface area (Å²) in [6, 6.07) is 5.31. The van der Waals surface area contributed by atoms with E-state index in [1.165, 1.54) is 12.8 Å². The number of fused-ring (bicyclic) bond motifs is 1. The highest BCUT2D eigenvalue weighted by molar-refractivity contribution is 8.22. The summed E-state index contributed by atoms with van der Waals surface area (Å²) in [6.07, 6.45) is 3.21. The Morgan fingerprint density at radius 2 is 2.04 bits per heavy atom. The molecule has 1 aromatic heterocycles. The molecule has 1 aliphatic heterocycles. The Morgan fingerprint density at radius 3 is 2.74 bits per heavy atom. The van der Waals surface area contributed by atoms with Crippen molar-refractivity contribution >= 4 is 50.9 Å². The number of benzene rings is 1. The summed E-state index contributed by atoms with van der Waals surface area (Å²) in [4.78, 5) is 14.1. The Hall–Kier alpha value is -1.04. The Labute approximate surface area is 150 Å². The molecular weight excluding hydrogens is 350 g/mol. The first-order chi connectivity index (χ1) is 11.1. The number of halogens is 1. The van der Waals surface area contributed by atoms with E-state index in [4.69, 9.17) is 28.2 Å². The van der Waals surface area contributed by atoms with E-state index >= 15 is 0 Å². The Kier molecular flexibility index (Phi) is 5.29. The molecule has 1 fully saturated rings. The van der Waals surface area contributed by atoms with Crippen LogP contribution in [0.2, 0.25) is 5.02 Å². The van der Waals surface area contributed by atoms with E-state index in [1.54, 1.807) is 17.8 Å². The predicted molar refractivity (Wildman–Crippen MR) is 102 cm³/mol. The van der Waals surface area contributed by atoms with E-state index in [0.717, 1.165) is 40.3 Å². The molecule has 6 heteroatoms. The van der Waals surface area contributed by atoms with Crippen LogP contribution in [0.15, 0.2) is 27.4 Å². The third kappa shape index (κ3) is 3.73. The molecule has 0 amide bonds. The first kappa shape index (κ1) is 16.8. The quantitative estimate of drug-likeness (QED) is 0.583. The summed E-state index contributed by atoms with van der Waals surface area (Å²) in [5.41, 5.74) is 2.18. The molecule has 0 atom stereocenters. The van der Waals surface area contributed by atoms with Gasteiger partial charge in [-0.25, -0.2) is 4.79 Å². The second kappa shape index (κ2) is 7.24. The summed E-state index contributed by atoms with van der Waals surface area (Å²) in [5, 5.41) is 1.60. The highest BCUT2D eigenvalue weighted by Gasteiger charge is 2.16. The van der Waals surface area contributed by atoms with Crippen molar-refractivity contribution in [2.75, 3.05) is 13.1 Å². The summed E-state index contributed by atoms with van der Waals surface area (Å²) >= 11 is 13.4. The summed E-state index contributed by atoms with van der Waals surface area (Å²) in [6.45, 7) is 4.10. The molecule has 1 aromatic carbocycles. The lowest BCUT2D eigenvalue weighted by Crippen LogP contribution is -2.23. The van der Waals surface area contributed by atoms with Crippen molar-refractivity contribution < 1.29 is 4.42 Å². The largest absolute Gasteiger partial charge is 0.423 e. The summed E-state index contributed by atoms with van der Waals surface area (Å²) in [7, 11) is 0. The van der Waals surface area contributed by atoms with Crippen molar-refractivity contribution in [3.8, 4) is 0 Å². The first-order valence-electron chi connectivity index (χ1n) is 7.75. The number of rotatable bonds is 3. The van der Waals surface area contributed by atoms with Crippen LogP contribution >= 0.6 is 35.6 Å². The van der Waals surface area contributed by atoms with Gasteiger partial charge < -0.3 is 9.32 Å². The number of hydrogen-bond donors (Lipinski definition) is 0. The molecule has 23 heavy (non-hydrogen) atoms. The van der Waals surface area contributed by atoms with Crippen molar-refractivity contribution in [1.29, 1.82) is 0 Å². The maximum absolute atomic E-state index is 11.8. The van der Waals surface area contributed by atoms with E-state index in [2.05, 4.69) is 4.90 Å². The normalized spacial score (nSPS) is 14.6. The maximum atomic E-state index is 11.8. The molecule has 2 aromatic rings. The fourth-order valence-electron chi connectivity index (χ4n) is 2.81. The van der Waals surface area contributed by atoms with Crippen molar-refractivity contribution in [2.24, 2.45) is 0 Å². The zero-order valence-corrected chi connectivity index (χ0v) is 15.3. The molecule has 122 valence electrons. The molecule has 0 N–H and O–H groups in total. The van der Waals surface area contributed by atoms with Crippen LogP contribution in [-0.4, -0.2) is 22.3 Å². The predicted octanol–water partition coefficient (Wildman–Crippen LogP) is 4.62. The fraction of sp³-hybridized carbons (Fsp3) is 0.412. The highest BCUT2D eigenvalue weighted by Crippen LogP contribution is 2.29. The van der Waals surface area contributed by atoms with Gasteiger partial charge >= 0.3 is 5.63 Å². The smallest absolute Gasteiger partial charge is 0.336 e. The molecular formula is C17H18ClNO2S2. The van der Waals surface area contributed by atoms with Gasteiger partial charge in [-0.3, -0.25) is 0 Å². The van der Waals surface area contributed by atoms with Gasteiger partial charge in [0.1, 0.15) is 9.90 Å². The van der Waals surface area contributed by atoms with Crippen LogP contribution in [0.1, 0.15) is 30.9 Å². The Morgan fingerprint density at radius 1 is 1.30 bits per heavy atom. The average molecular weight is 368 g/mol. The van der Waals surface area contributed by atoms with Crippen LogP contribution in [0, 0.1) is 0 Å². The van der Waals surface area contributed by atoms with Gasteiger partial charge in [0.2, 0.25) is 0 Å². The van der Waals surface area contributed by atoms with E-state index < -0.39 is 0 Å². The van der Waals surface area contributed by atoms with Crippen LogP contribution in [0.5, 0.6) is 0 Å². The number of hydrogen-bond acceptors (Lipinski definition) is 4. The molecule has 1 saturated heterocycles. The van der Waals surface area contributed by atoms with Crippen LogP contribution in [0.25, 0.3) is 11.0 Å². The lowest BCUT2D eigenvalue weighted by Gasteiger charge is -2.17.